The van der Waals surface area contributed by atoms with Crippen LogP contribution in [-0.2, 0) is 9.59 Å². The molecule has 1 aromatic carbocycles. The Kier molecular flexibility index (Phi) is 5.66. The first-order valence-electron chi connectivity index (χ1n) is 8.73. The summed E-state index contributed by atoms with van der Waals surface area (Å²) >= 11 is 1.39. The third-order valence-electron chi connectivity index (χ3n) is 4.17. The summed E-state index contributed by atoms with van der Waals surface area (Å²) in [5.74, 6) is 0.620. The van der Waals surface area contributed by atoms with Crippen molar-refractivity contribution in [2.75, 3.05) is 26.2 Å². The minimum Gasteiger partial charge on any atom is -0.490 e. The SMILES string of the molecule is CC(=O)N1CCN(C2=NC(=O)/C(=C\c3ccccc3OC(C)C)S2)CC1. The van der Waals surface area contributed by atoms with Crippen LogP contribution in [0.25, 0.3) is 6.08 Å². The standard InChI is InChI=1S/C19H23N3O3S/c1-13(2)25-16-7-5-4-6-15(16)12-17-18(24)20-19(26-17)22-10-8-21(9-11-22)14(3)23/h4-7,12-13H,8-11H2,1-3H3/b17-12+. The number of nitrogens with zero attached hydrogens (tertiary/aromatic N) is 3. The molecule has 6 nitrogen and oxygen atoms in total. The van der Waals surface area contributed by atoms with Crippen LogP contribution in [0.5, 0.6) is 5.75 Å². The monoisotopic (exact) mass is 373 g/mol. The number of hydrogen-bond donors (Lipinski definition) is 0. The Hall–Kier alpha value is -2.28. The van der Waals surface area contributed by atoms with Gasteiger partial charge in [0.1, 0.15) is 5.75 Å². The van der Waals surface area contributed by atoms with Gasteiger partial charge in [-0.3, -0.25) is 9.59 Å². The van der Waals surface area contributed by atoms with Crippen molar-refractivity contribution in [2.24, 2.45) is 4.99 Å². The fourth-order valence-electron chi connectivity index (χ4n) is 2.85. The van der Waals surface area contributed by atoms with Crippen molar-refractivity contribution in [3.05, 3.63) is 34.7 Å². The Labute approximate surface area is 157 Å². The number of carbonyl (C=O) groups excluding carboxylic acids is 2. The molecule has 0 N–H and O–H groups in total. The van der Waals surface area contributed by atoms with Gasteiger partial charge in [-0.25, -0.2) is 0 Å². The van der Waals surface area contributed by atoms with Crippen molar-refractivity contribution in [3.63, 3.8) is 0 Å². The van der Waals surface area contributed by atoms with E-state index < -0.39 is 0 Å². The summed E-state index contributed by atoms with van der Waals surface area (Å²) in [5, 5.41) is 0.715. The summed E-state index contributed by atoms with van der Waals surface area (Å²) in [6, 6.07) is 7.67. The predicted octanol–water partition coefficient (Wildman–Crippen LogP) is 2.61. The van der Waals surface area contributed by atoms with Gasteiger partial charge in [0.05, 0.1) is 11.0 Å². The van der Waals surface area contributed by atoms with E-state index in [2.05, 4.69) is 9.89 Å². The van der Waals surface area contributed by atoms with Crippen LogP contribution in [0.4, 0.5) is 0 Å². The largest absolute Gasteiger partial charge is 0.490 e. The van der Waals surface area contributed by atoms with Crippen LogP contribution in [0.3, 0.4) is 0 Å². The van der Waals surface area contributed by atoms with Gasteiger partial charge in [-0.1, -0.05) is 18.2 Å². The van der Waals surface area contributed by atoms with E-state index >= 15 is 0 Å². The van der Waals surface area contributed by atoms with E-state index in [4.69, 9.17) is 4.74 Å². The van der Waals surface area contributed by atoms with E-state index in [-0.39, 0.29) is 17.9 Å². The number of hydrogen-bond acceptors (Lipinski definition) is 5. The second kappa shape index (κ2) is 7.95. The fourth-order valence-corrected chi connectivity index (χ4v) is 3.80. The molecule has 7 heteroatoms. The maximum absolute atomic E-state index is 12.3. The molecule has 0 aromatic heterocycles. The molecule has 1 fully saturated rings. The highest BCUT2D eigenvalue weighted by molar-refractivity contribution is 8.18. The lowest BCUT2D eigenvalue weighted by Crippen LogP contribution is -2.49. The van der Waals surface area contributed by atoms with Gasteiger partial charge >= 0.3 is 0 Å². The molecule has 0 bridgehead atoms. The molecule has 0 saturated carbocycles. The molecule has 2 heterocycles. The first-order chi connectivity index (χ1) is 12.4. The van der Waals surface area contributed by atoms with E-state index in [1.54, 1.807) is 6.92 Å². The van der Waals surface area contributed by atoms with Crippen molar-refractivity contribution >= 4 is 34.8 Å². The number of aliphatic imine (C=N–C) groups is 1. The fraction of sp³-hybridized carbons (Fsp3) is 0.421. The summed E-state index contributed by atoms with van der Waals surface area (Å²) < 4.78 is 5.82. The number of amides is 2. The molecule has 3 rings (SSSR count). The zero-order valence-electron chi connectivity index (χ0n) is 15.3. The number of carbonyl (C=O) groups is 2. The average Bonchev–Trinajstić information content (AvgIpc) is 2.97. The Bertz CT molecular complexity index is 765. The third-order valence-corrected chi connectivity index (χ3v) is 5.22. The maximum Gasteiger partial charge on any atom is 0.286 e. The van der Waals surface area contributed by atoms with Gasteiger partial charge in [-0.05, 0) is 37.8 Å². The minimum atomic E-state index is -0.224. The van der Waals surface area contributed by atoms with Gasteiger partial charge in [-0.2, -0.15) is 4.99 Å². The number of ether oxygens (including phenoxy) is 1. The number of rotatable bonds is 3. The second-order valence-corrected chi connectivity index (χ2v) is 7.52. The molecule has 0 aliphatic carbocycles. The van der Waals surface area contributed by atoms with Crippen molar-refractivity contribution in [1.82, 2.24) is 9.80 Å². The zero-order chi connectivity index (χ0) is 18.7. The van der Waals surface area contributed by atoms with Crippen LogP contribution in [-0.4, -0.2) is 59.1 Å². The topological polar surface area (TPSA) is 62.2 Å². The number of benzene rings is 1. The Balaban J connectivity index is 1.71. The summed E-state index contributed by atoms with van der Waals surface area (Å²) in [6.07, 6.45) is 1.90. The van der Waals surface area contributed by atoms with Crippen molar-refractivity contribution in [3.8, 4) is 5.75 Å². The summed E-state index contributed by atoms with van der Waals surface area (Å²) in [6.45, 7) is 8.24. The highest BCUT2D eigenvalue weighted by Gasteiger charge is 2.29. The molecule has 2 aliphatic rings. The number of para-hydroxylation sites is 1. The van der Waals surface area contributed by atoms with Crippen LogP contribution in [0.1, 0.15) is 26.3 Å². The number of thioether (sulfide) groups is 1. The average molecular weight is 373 g/mol. The molecular weight excluding hydrogens is 350 g/mol. The quantitative estimate of drug-likeness (QED) is 0.762. The summed E-state index contributed by atoms with van der Waals surface area (Å²) in [7, 11) is 0. The zero-order valence-corrected chi connectivity index (χ0v) is 16.1. The number of amidine groups is 1. The van der Waals surface area contributed by atoms with Crippen LogP contribution in [0, 0.1) is 0 Å². The van der Waals surface area contributed by atoms with Gasteiger partial charge in [-0.15, -0.1) is 0 Å². The molecule has 138 valence electrons. The molecular formula is C19H23N3O3S. The third kappa shape index (κ3) is 4.27. The first kappa shape index (κ1) is 18.5. The normalized spacial score (nSPS) is 19.3. The minimum absolute atomic E-state index is 0.0610. The van der Waals surface area contributed by atoms with Crippen molar-refractivity contribution < 1.29 is 14.3 Å². The van der Waals surface area contributed by atoms with Crippen molar-refractivity contribution in [1.29, 1.82) is 0 Å². The molecule has 2 aliphatic heterocycles. The van der Waals surface area contributed by atoms with E-state index in [0.717, 1.165) is 11.3 Å². The van der Waals surface area contributed by atoms with Crippen LogP contribution in [0.15, 0.2) is 34.2 Å². The highest BCUT2D eigenvalue weighted by Crippen LogP contribution is 2.32. The van der Waals surface area contributed by atoms with Crippen molar-refractivity contribution in [2.45, 2.75) is 26.9 Å². The maximum atomic E-state index is 12.3. The highest BCUT2D eigenvalue weighted by atomic mass is 32.2. The van der Waals surface area contributed by atoms with E-state index in [9.17, 15) is 9.59 Å². The van der Waals surface area contributed by atoms with E-state index in [1.807, 2.05) is 49.1 Å². The Morgan fingerprint density at radius 2 is 1.92 bits per heavy atom. The molecule has 0 unspecified atom stereocenters. The lowest BCUT2D eigenvalue weighted by Gasteiger charge is -2.34. The van der Waals surface area contributed by atoms with Gasteiger partial charge in [0.25, 0.3) is 5.91 Å². The lowest BCUT2D eigenvalue weighted by molar-refractivity contribution is -0.130. The first-order valence-corrected chi connectivity index (χ1v) is 9.54. The van der Waals surface area contributed by atoms with Crippen LogP contribution in [0.2, 0.25) is 0 Å². The molecule has 0 spiro atoms. The van der Waals surface area contributed by atoms with Gasteiger partial charge in [0, 0.05) is 38.7 Å². The van der Waals surface area contributed by atoms with Crippen LogP contribution < -0.4 is 4.74 Å². The van der Waals surface area contributed by atoms with Crippen LogP contribution >= 0.6 is 11.8 Å². The molecule has 1 saturated heterocycles. The lowest BCUT2D eigenvalue weighted by atomic mass is 10.2. The molecule has 26 heavy (non-hydrogen) atoms. The second-order valence-electron chi connectivity index (χ2n) is 6.51. The Morgan fingerprint density at radius 1 is 1.23 bits per heavy atom. The summed E-state index contributed by atoms with van der Waals surface area (Å²) in [5.41, 5.74) is 0.870. The van der Waals surface area contributed by atoms with Gasteiger partial charge in [0.15, 0.2) is 5.17 Å². The van der Waals surface area contributed by atoms with E-state index in [0.29, 0.717) is 36.3 Å². The Morgan fingerprint density at radius 3 is 2.58 bits per heavy atom. The molecule has 2 amide bonds. The van der Waals surface area contributed by atoms with E-state index in [1.165, 1.54) is 11.8 Å². The molecule has 1 aromatic rings. The smallest absolute Gasteiger partial charge is 0.286 e. The van der Waals surface area contributed by atoms with Gasteiger partial charge in [0.2, 0.25) is 5.91 Å². The summed E-state index contributed by atoms with van der Waals surface area (Å²) in [4.78, 5) is 32.4. The predicted molar refractivity (Wildman–Crippen MR) is 104 cm³/mol. The molecule has 0 radical (unpaired) electrons. The van der Waals surface area contributed by atoms with Gasteiger partial charge < -0.3 is 14.5 Å². The molecule has 0 atom stereocenters. The number of piperazine rings is 1.